The van der Waals surface area contributed by atoms with E-state index in [0.29, 0.717) is 18.9 Å². The lowest BCUT2D eigenvalue weighted by atomic mass is 9.95. The Labute approximate surface area is 103 Å². The van der Waals surface area contributed by atoms with E-state index in [1.807, 2.05) is 0 Å². The number of rotatable bonds is 4. The number of nitrogens with one attached hydrogen (secondary N) is 1. The summed E-state index contributed by atoms with van der Waals surface area (Å²) in [6.45, 7) is 3.33. The van der Waals surface area contributed by atoms with E-state index in [1.54, 1.807) is 0 Å². The van der Waals surface area contributed by atoms with Crippen molar-refractivity contribution in [3.05, 3.63) is 0 Å². The van der Waals surface area contributed by atoms with Gasteiger partial charge in [-0.05, 0) is 51.1 Å². The second-order valence-electron chi connectivity index (χ2n) is 5.07. The van der Waals surface area contributed by atoms with Crippen molar-refractivity contribution in [1.29, 1.82) is 0 Å². The van der Waals surface area contributed by atoms with Gasteiger partial charge in [-0.3, -0.25) is 4.79 Å². The zero-order valence-electron chi connectivity index (χ0n) is 10.5. The van der Waals surface area contributed by atoms with Crippen LogP contribution < -0.4 is 5.32 Å². The predicted octanol–water partition coefficient (Wildman–Crippen LogP) is 1.49. The summed E-state index contributed by atoms with van der Waals surface area (Å²) < 4.78 is 10.8. The molecule has 4 nitrogen and oxygen atoms in total. The van der Waals surface area contributed by atoms with Crippen molar-refractivity contribution < 1.29 is 14.3 Å². The van der Waals surface area contributed by atoms with Crippen molar-refractivity contribution in [2.75, 3.05) is 26.3 Å². The van der Waals surface area contributed by atoms with Crippen LogP contribution in [0.4, 0.5) is 0 Å². The van der Waals surface area contributed by atoms with Crippen LogP contribution in [0.1, 0.15) is 38.5 Å². The molecule has 0 saturated carbocycles. The Hall–Kier alpha value is -0.610. The molecule has 1 N–H and O–H groups in total. The van der Waals surface area contributed by atoms with Gasteiger partial charge in [0.25, 0.3) is 0 Å². The van der Waals surface area contributed by atoms with Gasteiger partial charge in [0.2, 0.25) is 0 Å². The molecule has 0 aliphatic carbocycles. The lowest BCUT2D eigenvalue weighted by Crippen LogP contribution is -2.30. The zero-order valence-corrected chi connectivity index (χ0v) is 10.5. The number of piperidine rings is 1. The lowest BCUT2D eigenvalue weighted by Gasteiger charge is -2.24. The van der Waals surface area contributed by atoms with Gasteiger partial charge >= 0.3 is 5.97 Å². The van der Waals surface area contributed by atoms with Gasteiger partial charge in [-0.15, -0.1) is 0 Å². The molecule has 0 spiro atoms. The lowest BCUT2D eigenvalue weighted by molar-refractivity contribution is -0.150. The van der Waals surface area contributed by atoms with Crippen LogP contribution >= 0.6 is 0 Å². The predicted molar refractivity (Wildman–Crippen MR) is 64.8 cm³/mol. The molecular weight excluding hydrogens is 218 g/mol. The molecule has 2 heterocycles. The molecule has 0 aromatic carbocycles. The van der Waals surface area contributed by atoms with Gasteiger partial charge in [0.05, 0.1) is 6.10 Å². The molecule has 1 unspecified atom stereocenters. The number of carbonyl (C=O) groups excluding carboxylic acids is 1. The highest BCUT2D eigenvalue weighted by atomic mass is 16.6. The van der Waals surface area contributed by atoms with E-state index >= 15 is 0 Å². The molecule has 0 radical (unpaired) electrons. The van der Waals surface area contributed by atoms with Gasteiger partial charge in [-0.1, -0.05) is 0 Å². The van der Waals surface area contributed by atoms with Gasteiger partial charge < -0.3 is 14.8 Å². The summed E-state index contributed by atoms with van der Waals surface area (Å²) in [6, 6.07) is 0. The maximum atomic E-state index is 11.7. The molecule has 2 rings (SSSR count). The highest BCUT2D eigenvalue weighted by Crippen LogP contribution is 2.17. The van der Waals surface area contributed by atoms with E-state index in [1.165, 1.54) is 6.42 Å². The first-order valence-corrected chi connectivity index (χ1v) is 6.82. The van der Waals surface area contributed by atoms with Crippen LogP contribution in [-0.2, 0) is 14.3 Å². The average molecular weight is 241 g/mol. The topological polar surface area (TPSA) is 47.6 Å². The fraction of sp³-hybridized carbons (Fsp3) is 0.923. The Morgan fingerprint density at radius 2 is 2.06 bits per heavy atom. The Balaban J connectivity index is 1.59. The number of esters is 1. The summed E-state index contributed by atoms with van der Waals surface area (Å²) in [6.07, 6.45) is 6.26. The quantitative estimate of drug-likeness (QED) is 0.758. The molecule has 0 bridgehead atoms. The first-order valence-electron chi connectivity index (χ1n) is 6.82. The Morgan fingerprint density at radius 1 is 1.24 bits per heavy atom. The van der Waals surface area contributed by atoms with Crippen LogP contribution in [0, 0.1) is 5.92 Å². The largest absolute Gasteiger partial charge is 0.463 e. The molecule has 4 heteroatoms. The van der Waals surface area contributed by atoms with Crippen molar-refractivity contribution in [1.82, 2.24) is 5.32 Å². The number of ether oxygens (including phenoxy) is 2. The molecule has 2 saturated heterocycles. The van der Waals surface area contributed by atoms with Crippen molar-refractivity contribution in [2.45, 2.75) is 44.6 Å². The average Bonchev–Trinajstić information content (AvgIpc) is 2.39. The van der Waals surface area contributed by atoms with Gasteiger partial charge in [-0.2, -0.15) is 0 Å². The zero-order chi connectivity index (χ0) is 11.9. The maximum Gasteiger partial charge on any atom is 0.306 e. The van der Waals surface area contributed by atoms with E-state index in [-0.39, 0.29) is 12.1 Å². The van der Waals surface area contributed by atoms with Crippen LogP contribution in [0.25, 0.3) is 0 Å². The van der Waals surface area contributed by atoms with E-state index in [4.69, 9.17) is 9.47 Å². The molecule has 2 fully saturated rings. The van der Waals surface area contributed by atoms with Gasteiger partial charge in [0.15, 0.2) is 0 Å². The second-order valence-corrected chi connectivity index (χ2v) is 5.07. The van der Waals surface area contributed by atoms with Crippen molar-refractivity contribution in [3.8, 4) is 0 Å². The molecule has 98 valence electrons. The summed E-state index contributed by atoms with van der Waals surface area (Å²) in [5, 5.41) is 3.30. The SMILES string of the molecule is O=C(CC1CCNCC1)OCC1CCCCO1. The van der Waals surface area contributed by atoms with Crippen molar-refractivity contribution in [2.24, 2.45) is 5.92 Å². The monoisotopic (exact) mass is 241 g/mol. The molecule has 0 amide bonds. The summed E-state index contributed by atoms with van der Waals surface area (Å²) in [4.78, 5) is 11.7. The summed E-state index contributed by atoms with van der Waals surface area (Å²) >= 11 is 0. The highest BCUT2D eigenvalue weighted by molar-refractivity contribution is 5.69. The normalized spacial score (nSPS) is 26.7. The first-order chi connectivity index (χ1) is 8.34. The fourth-order valence-electron chi connectivity index (χ4n) is 2.51. The fourth-order valence-corrected chi connectivity index (χ4v) is 2.51. The smallest absolute Gasteiger partial charge is 0.306 e. The van der Waals surface area contributed by atoms with Crippen LogP contribution in [0.15, 0.2) is 0 Å². The van der Waals surface area contributed by atoms with E-state index in [0.717, 1.165) is 45.4 Å². The molecule has 2 aliphatic rings. The minimum atomic E-state index is -0.0499. The van der Waals surface area contributed by atoms with Gasteiger partial charge in [-0.25, -0.2) is 0 Å². The summed E-state index contributed by atoms with van der Waals surface area (Å²) in [5.74, 6) is 0.460. The number of carbonyl (C=O) groups is 1. The minimum Gasteiger partial charge on any atom is -0.463 e. The molecule has 0 aromatic heterocycles. The Kier molecular flexibility index (Phi) is 5.26. The van der Waals surface area contributed by atoms with E-state index < -0.39 is 0 Å². The Morgan fingerprint density at radius 3 is 2.76 bits per heavy atom. The van der Waals surface area contributed by atoms with Crippen LogP contribution in [-0.4, -0.2) is 38.4 Å². The maximum absolute atomic E-state index is 11.7. The molecule has 2 aliphatic heterocycles. The van der Waals surface area contributed by atoms with Gasteiger partial charge in [0, 0.05) is 13.0 Å². The van der Waals surface area contributed by atoms with Crippen LogP contribution in [0.5, 0.6) is 0 Å². The Bertz CT molecular complexity index is 233. The van der Waals surface area contributed by atoms with E-state index in [2.05, 4.69) is 5.32 Å². The third-order valence-electron chi connectivity index (χ3n) is 3.62. The van der Waals surface area contributed by atoms with Crippen LogP contribution in [0.3, 0.4) is 0 Å². The van der Waals surface area contributed by atoms with Gasteiger partial charge in [0.1, 0.15) is 6.61 Å². The minimum absolute atomic E-state index is 0.0499. The highest BCUT2D eigenvalue weighted by Gasteiger charge is 2.20. The van der Waals surface area contributed by atoms with Crippen molar-refractivity contribution >= 4 is 5.97 Å². The standard InChI is InChI=1S/C13H23NO3/c15-13(9-11-4-6-14-7-5-11)17-10-12-3-1-2-8-16-12/h11-12,14H,1-10H2. The molecule has 17 heavy (non-hydrogen) atoms. The third-order valence-corrected chi connectivity index (χ3v) is 3.62. The van der Waals surface area contributed by atoms with E-state index in [9.17, 15) is 4.79 Å². The number of hydrogen-bond acceptors (Lipinski definition) is 4. The molecule has 0 aromatic rings. The molecular formula is C13H23NO3. The van der Waals surface area contributed by atoms with Crippen molar-refractivity contribution in [3.63, 3.8) is 0 Å². The number of hydrogen-bond donors (Lipinski definition) is 1. The summed E-state index contributed by atoms with van der Waals surface area (Å²) in [7, 11) is 0. The first kappa shape index (κ1) is 12.8. The van der Waals surface area contributed by atoms with Crippen LogP contribution in [0.2, 0.25) is 0 Å². The second kappa shape index (κ2) is 6.97. The third kappa shape index (κ3) is 4.64. The summed E-state index contributed by atoms with van der Waals surface area (Å²) in [5.41, 5.74) is 0. The molecule has 1 atom stereocenters.